The van der Waals surface area contributed by atoms with Crippen LogP contribution >= 0.6 is 0 Å². The van der Waals surface area contributed by atoms with Gasteiger partial charge < -0.3 is 25.7 Å². The Bertz CT molecular complexity index is 127. The molecule has 0 unspecified atom stereocenters. The smallest absolute Gasteiger partial charge is 0.550 e. The van der Waals surface area contributed by atoms with Crippen molar-refractivity contribution in [2.24, 2.45) is 0 Å². The van der Waals surface area contributed by atoms with Crippen LogP contribution in [0.15, 0.2) is 0 Å². The molecule has 0 spiro atoms. The van der Waals surface area contributed by atoms with Gasteiger partial charge in [-0.1, -0.05) is 0 Å². The molecule has 0 atom stereocenters. The second-order valence-electron chi connectivity index (χ2n) is 2.42. The Labute approximate surface area is 182 Å². The molecule has 0 aliphatic heterocycles. The number of aliphatic carboxylic acids is 2. The standard InChI is InChI=1S/C4H9.C3H4O4.2K.Li/c1-4(2)3;4-2(5)1-3(6)7;;;/h1-3H3;1H2,(H,4,5)(H,6,7);;;/q-1;;3*+1/p-2. The largest absolute Gasteiger partial charge is 1.00 e. The molecule has 0 aliphatic carbocycles. The predicted molar refractivity (Wildman–Crippen MR) is 34.9 cm³/mol. The Morgan fingerprint density at radius 2 is 1.14 bits per heavy atom. The molecule has 0 aromatic carbocycles. The van der Waals surface area contributed by atoms with Crippen LogP contribution in [0, 0.1) is 5.92 Å². The zero-order chi connectivity index (χ0) is 9.44. The van der Waals surface area contributed by atoms with Gasteiger partial charge in [0.15, 0.2) is 0 Å². The van der Waals surface area contributed by atoms with E-state index in [-0.39, 0.29) is 122 Å². The van der Waals surface area contributed by atoms with E-state index in [1.807, 2.05) is 0 Å². The fraction of sp³-hybridized carbons (Fsp3) is 0.571. The van der Waals surface area contributed by atoms with Crippen LogP contribution in [0.2, 0.25) is 0 Å². The molecule has 0 bridgehead atoms. The van der Waals surface area contributed by atoms with Crippen LogP contribution in [0.5, 0.6) is 0 Å². The number of carboxylic acid groups (broad SMARTS) is 2. The normalized spacial score (nSPS) is 6.57. The summed E-state index contributed by atoms with van der Waals surface area (Å²) >= 11 is 0. The molecule has 0 heterocycles. The summed E-state index contributed by atoms with van der Waals surface area (Å²) < 4.78 is 0. The van der Waals surface area contributed by atoms with Crippen LogP contribution in [0.3, 0.4) is 0 Å². The SMILES string of the molecule is C[C-](C)C.O=C([O-])CC(=O)[O-].[K+].[K+].[Li+]. The summed E-state index contributed by atoms with van der Waals surface area (Å²) in [5.74, 6) is -1.83. The number of hydrogen-bond acceptors (Lipinski definition) is 4. The predicted octanol–water partition coefficient (Wildman–Crippen LogP) is -10.5. The molecular formula is C7H11K2LiO4. The summed E-state index contributed by atoms with van der Waals surface area (Å²) in [5.41, 5.74) is 0. The van der Waals surface area contributed by atoms with Crippen LogP contribution in [0.4, 0.5) is 0 Å². The molecule has 0 rings (SSSR count). The number of hydrogen-bond donors (Lipinski definition) is 0. The maximum Gasteiger partial charge on any atom is 1.00 e. The van der Waals surface area contributed by atoms with E-state index in [0.717, 1.165) is 0 Å². The third-order valence-corrected chi connectivity index (χ3v) is 0.289. The number of carbonyl (C=O) groups excluding carboxylic acids is 2. The molecular weight excluding hydrogens is 233 g/mol. The van der Waals surface area contributed by atoms with Gasteiger partial charge in [-0.15, -0.1) is 0 Å². The van der Waals surface area contributed by atoms with Crippen molar-refractivity contribution in [3.63, 3.8) is 0 Å². The van der Waals surface area contributed by atoms with Crippen LogP contribution in [0.25, 0.3) is 0 Å². The van der Waals surface area contributed by atoms with Crippen molar-refractivity contribution in [1.82, 2.24) is 0 Å². The number of carbonyl (C=O) groups is 2. The maximum atomic E-state index is 9.28. The van der Waals surface area contributed by atoms with Crippen molar-refractivity contribution < 1.29 is 141 Å². The van der Waals surface area contributed by atoms with Crippen LogP contribution < -0.4 is 132 Å². The average molecular weight is 244 g/mol. The molecule has 0 aliphatic rings. The molecule has 14 heavy (non-hydrogen) atoms. The first-order chi connectivity index (χ1) is 4.86. The Balaban J connectivity index is -0.0000000347. The summed E-state index contributed by atoms with van der Waals surface area (Å²) in [7, 11) is 0. The Hall–Kier alpha value is 2.81. The van der Waals surface area contributed by atoms with Crippen molar-refractivity contribution in [3.8, 4) is 0 Å². The van der Waals surface area contributed by atoms with Crippen molar-refractivity contribution in [1.29, 1.82) is 0 Å². The summed E-state index contributed by atoms with van der Waals surface area (Å²) in [6, 6.07) is 0. The van der Waals surface area contributed by atoms with E-state index < -0.39 is 18.4 Å². The fourth-order valence-corrected chi connectivity index (χ4v) is 0.118. The fourth-order valence-electron chi connectivity index (χ4n) is 0.118. The molecule has 66 valence electrons. The van der Waals surface area contributed by atoms with Gasteiger partial charge in [-0.05, 0) is 0 Å². The molecule has 0 radical (unpaired) electrons. The third-order valence-electron chi connectivity index (χ3n) is 0.289. The van der Waals surface area contributed by atoms with Gasteiger partial charge in [-0.3, -0.25) is 0 Å². The van der Waals surface area contributed by atoms with Gasteiger partial charge in [0.25, 0.3) is 0 Å². The minimum absolute atomic E-state index is 0. The second kappa shape index (κ2) is 21.1. The first-order valence-corrected chi connectivity index (χ1v) is 3.02. The summed E-state index contributed by atoms with van der Waals surface area (Å²) in [6.07, 6.45) is -1.03. The quantitative estimate of drug-likeness (QED) is 0.274. The Morgan fingerprint density at radius 1 is 1.00 bits per heavy atom. The zero-order valence-electron chi connectivity index (χ0n) is 9.84. The summed E-state index contributed by atoms with van der Waals surface area (Å²) in [6.45, 7) is 6.25. The van der Waals surface area contributed by atoms with E-state index >= 15 is 0 Å². The maximum absolute atomic E-state index is 9.28. The average Bonchev–Trinajstić information content (AvgIpc) is 1.56. The number of carboxylic acids is 2. The van der Waals surface area contributed by atoms with Gasteiger partial charge in [-0.2, -0.15) is 20.8 Å². The molecule has 0 amide bonds. The third kappa shape index (κ3) is 60.9. The Kier molecular flexibility index (Phi) is 45.5. The first kappa shape index (κ1) is 30.1. The van der Waals surface area contributed by atoms with Crippen LogP contribution in [-0.2, 0) is 9.59 Å². The molecule has 0 saturated carbocycles. The molecule has 0 saturated heterocycles. The van der Waals surface area contributed by atoms with Gasteiger partial charge in [0.05, 0.1) is 0 Å². The summed E-state index contributed by atoms with van der Waals surface area (Å²) in [4.78, 5) is 18.6. The first-order valence-electron chi connectivity index (χ1n) is 3.02. The van der Waals surface area contributed by atoms with Crippen molar-refractivity contribution in [2.45, 2.75) is 27.2 Å². The number of rotatable bonds is 2. The van der Waals surface area contributed by atoms with Gasteiger partial charge >= 0.3 is 122 Å². The Morgan fingerprint density at radius 3 is 1.14 bits per heavy atom. The van der Waals surface area contributed by atoms with Crippen molar-refractivity contribution in [2.75, 3.05) is 0 Å². The second-order valence-corrected chi connectivity index (χ2v) is 2.42. The molecule has 0 fully saturated rings. The van der Waals surface area contributed by atoms with Crippen LogP contribution in [0.1, 0.15) is 27.2 Å². The van der Waals surface area contributed by atoms with Crippen LogP contribution in [-0.4, -0.2) is 11.9 Å². The van der Waals surface area contributed by atoms with E-state index in [1.165, 1.54) is 5.92 Å². The van der Waals surface area contributed by atoms with Crippen molar-refractivity contribution >= 4 is 11.9 Å². The van der Waals surface area contributed by atoms with E-state index in [2.05, 4.69) is 20.8 Å². The van der Waals surface area contributed by atoms with E-state index in [9.17, 15) is 19.8 Å². The van der Waals surface area contributed by atoms with Gasteiger partial charge in [0, 0.05) is 18.4 Å². The van der Waals surface area contributed by atoms with Gasteiger partial charge in [-0.25, -0.2) is 0 Å². The molecule has 0 N–H and O–H groups in total. The molecule has 7 heteroatoms. The zero-order valence-corrected chi connectivity index (χ0v) is 16.1. The van der Waals surface area contributed by atoms with E-state index in [4.69, 9.17) is 0 Å². The van der Waals surface area contributed by atoms with Crippen molar-refractivity contribution in [3.05, 3.63) is 5.92 Å². The minimum Gasteiger partial charge on any atom is -0.550 e. The van der Waals surface area contributed by atoms with Gasteiger partial charge in [0.1, 0.15) is 0 Å². The molecule has 0 aromatic heterocycles. The topological polar surface area (TPSA) is 80.3 Å². The summed E-state index contributed by atoms with van der Waals surface area (Å²) in [5, 5.41) is 18.6. The van der Waals surface area contributed by atoms with E-state index in [0.29, 0.717) is 0 Å². The van der Waals surface area contributed by atoms with Gasteiger partial charge in [0.2, 0.25) is 0 Å². The molecule has 4 nitrogen and oxygen atoms in total. The van der Waals surface area contributed by atoms with E-state index in [1.54, 1.807) is 0 Å². The monoisotopic (exact) mass is 244 g/mol. The minimum atomic E-state index is -1.63. The molecule has 0 aromatic rings.